The molecule has 1 aromatic carbocycles. The summed E-state index contributed by atoms with van der Waals surface area (Å²) in [6.07, 6.45) is 6.45. The lowest BCUT2D eigenvalue weighted by atomic mass is 10.1. The molecular formula is C16H20N4. The van der Waals surface area contributed by atoms with Crippen molar-refractivity contribution in [1.29, 1.82) is 0 Å². The van der Waals surface area contributed by atoms with Crippen LogP contribution in [0.25, 0.3) is 11.0 Å². The summed E-state index contributed by atoms with van der Waals surface area (Å²) in [5.41, 5.74) is 3.15. The number of rotatable bonds is 8. The highest BCUT2D eigenvalue weighted by atomic mass is 15.5. The van der Waals surface area contributed by atoms with Crippen molar-refractivity contribution < 1.29 is 0 Å². The van der Waals surface area contributed by atoms with E-state index in [1.54, 1.807) is 0 Å². The number of benzene rings is 1. The van der Waals surface area contributed by atoms with Gasteiger partial charge in [-0.15, -0.1) is 24.8 Å². The predicted molar refractivity (Wildman–Crippen MR) is 83.4 cm³/mol. The zero-order chi connectivity index (χ0) is 14.4. The molecule has 0 atom stereocenters. The molecule has 0 aliphatic carbocycles. The second-order valence-electron chi connectivity index (χ2n) is 4.62. The third-order valence-corrected chi connectivity index (χ3v) is 3.10. The predicted octanol–water partition coefficient (Wildman–Crippen LogP) is 2.79. The Morgan fingerprint density at radius 3 is 2.50 bits per heavy atom. The molecule has 0 bridgehead atoms. The molecule has 0 saturated carbocycles. The molecule has 0 saturated heterocycles. The smallest absolute Gasteiger partial charge is 0.116 e. The average molecular weight is 268 g/mol. The summed E-state index contributed by atoms with van der Waals surface area (Å²) >= 11 is 0. The van der Waals surface area contributed by atoms with Gasteiger partial charge < -0.3 is 0 Å². The first-order valence-electron chi connectivity index (χ1n) is 6.66. The Morgan fingerprint density at radius 2 is 1.85 bits per heavy atom. The number of hydrogen-bond donors (Lipinski definition) is 0. The third-order valence-electron chi connectivity index (χ3n) is 3.10. The van der Waals surface area contributed by atoms with Crippen molar-refractivity contribution in [2.75, 3.05) is 13.1 Å². The number of hydrogen-bond acceptors (Lipinski definition) is 3. The van der Waals surface area contributed by atoms with Gasteiger partial charge in [0.25, 0.3) is 0 Å². The zero-order valence-electron chi connectivity index (χ0n) is 11.7. The largest absolute Gasteiger partial charge is 0.277 e. The van der Waals surface area contributed by atoms with E-state index in [0.717, 1.165) is 36.1 Å². The fourth-order valence-corrected chi connectivity index (χ4v) is 2.22. The van der Waals surface area contributed by atoms with Crippen molar-refractivity contribution in [3.63, 3.8) is 0 Å². The Bertz CT molecular complexity index is 602. The summed E-state index contributed by atoms with van der Waals surface area (Å²) in [4.78, 5) is 2.19. The van der Waals surface area contributed by atoms with Gasteiger partial charge in [-0.05, 0) is 18.1 Å². The number of nitrogens with zero attached hydrogens (tertiary/aromatic N) is 4. The van der Waals surface area contributed by atoms with Crippen molar-refractivity contribution >= 4 is 11.0 Å². The minimum absolute atomic E-state index is 0.673. The van der Waals surface area contributed by atoms with Gasteiger partial charge in [0.15, 0.2) is 0 Å². The van der Waals surface area contributed by atoms with Gasteiger partial charge in [0.1, 0.15) is 5.52 Å². The second kappa shape index (κ2) is 6.82. The molecule has 2 rings (SSSR count). The van der Waals surface area contributed by atoms with Gasteiger partial charge >= 0.3 is 0 Å². The van der Waals surface area contributed by atoms with Crippen LogP contribution < -0.4 is 0 Å². The molecule has 0 fully saturated rings. The van der Waals surface area contributed by atoms with Crippen molar-refractivity contribution in [2.24, 2.45) is 0 Å². The van der Waals surface area contributed by atoms with Gasteiger partial charge in [0.05, 0.1) is 12.2 Å². The maximum Gasteiger partial charge on any atom is 0.116 e. The molecule has 0 radical (unpaired) electrons. The summed E-state index contributed by atoms with van der Waals surface area (Å²) in [6.45, 7) is 13.6. The molecule has 2 aromatic rings. The topological polar surface area (TPSA) is 34.0 Å². The lowest BCUT2D eigenvalue weighted by Crippen LogP contribution is -2.27. The molecule has 0 aliphatic heterocycles. The van der Waals surface area contributed by atoms with E-state index in [0.29, 0.717) is 6.67 Å². The van der Waals surface area contributed by atoms with Gasteiger partial charge in [-0.2, -0.15) is 0 Å². The monoisotopic (exact) mass is 268 g/mol. The molecule has 1 heterocycles. The van der Waals surface area contributed by atoms with Gasteiger partial charge in [0, 0.05) is 13.1 Å². The van der Waals surface area contributed by atoms with Crippen molar-refractivity contribution in [3.8, 4) is 0 Å². The van der Waals surface area contributed by atoms with E-state index in [4.69, 9.17) is 0 Å². The van der Waals surface area contributed by atoms with E-state index in [2.05, 4.69) is 41.0 Å². The second-order valence-corrected chi connectivity index (χ2v) is 4.62. The van der Waals surface area contributed by atoms with Crippen LogP contribution in [0.5, 0.6) is 0 Å². The van der Waals surface area contributed by atoms with Crippen LogP contribution in [-0.2, 0) is 13.1 Å². The molecule has 0 N–H and O–H groups in total. The molecular weight excluding hydrogens is 248 g/mol. The fourth-order valence-electron chi connectivity index (χ4n) is 2.22. The lowest BCUT2D eigenvalue weighted by molar-refractivity contribution is 0.255. The van der Waals surface area contributed by atoms with E-state index in [1.807, 2.05) is 35.0 Å². The molecule has 4 heteroatoms. The number of fused-ring (bicyclic) bond motifs is 1. The molecule has 0 aliphatic rings. The number of allylic oxidation sites excluding steroid dienone is 1. The van der Waals surface area contributed by atoms with Crippen LogP contribution in [0.3, 0.4) is 0 Å². The zero-order valence-corrected chi connectivity index (χ0v) is 11.7. The summed E-state index contributed by atoms with van der Waals surface area (Å²) in [7, 11) is 0. The molecule has 0 amide bonds. The summed E-state index contributed by atoms with van der Waals surface area (Å²) in [5, 5.41) is 8.56. The molecule has 20 heavy (non-hydrogen) atoms. The highest BCUT2D eigenvalue weighted by Gasteiger charge is 2.10. The highest BCUT2D eigenvalue weighted by molar-refractivity contribution is 5.78. The Labute approximate surface area is 119 Å². The quantitative estimate of drug-likeness (QED) is 0.690. The Hall–Kier alpha value is -2.20. The van der Waals surface area contributed by atoms with Crippen molar-refractivity contribution in [3.05, 3.63) is 61.7 Å². The molecule has 104 valence electrons. The van der Waals surface area contributed by atoms with Gasteiger partial charge in [-0.1, -0.05) is 35.6 Å². The lowest BCUT2D eigenvalue weighted by Gasteiger charge is -2.18. The van der Waals surface area contributed by atoms with Gasteiger partial charge in [0.2, 0.25) is 0 Å². The molecule has 0 spiro atoms. The van der Waals surface area contributed by atoms with Crippen LogP contribution >= 0.6 is 0 Å². The first kappa shape index (κ1) is 14.2. The fraction of sp³-hybridized carbons (Fsp3) is 0.250. The van der Waals surface area contributed by atoms with Gasteiger partial charge in [-0.25, -0.2) is 4.68 Å². The van der Waals surface area contributed by atoms with E-state index in [-0.39, 0.29) is 0 Å². The van der Waals surface area contributed by atoms with Crippen LogP contribution in [-0.4, -0.2) is 33.0 Å². The standard InChI is InChI=1S/C16H20N4/c1-4-8-14-9-7-10-15-16(14)17-18-20(15)13-19(11-5-2)12-6-3/h4-7,9-10H,1-3,8,11-13H2. The van der Waals surface area contributed by atoms with E-state index < -0.39 is 0 Å². The van der Waals surface area contributed by atoms with Crippen LogP contribution in [0, 0.1) is 0 Å². The maximum absolute atomic E-state index is 4.30. The summed E-state index contributed by atoms with van der Waals surface area (Å²) in [5.74, 6) is 0. The average Bonchev–Trinajstić information content (AvgIpc) is 2.84. The first-order valence-corrected chi connectivity index (χ1v) is 6.66. The summed E-state index contributed by atoms with van der Waals surface area (Å²) < 4.78 is 1.91. The molecule has 4 nitrogen and oxygen atoms in total. The van der Waals surface area contributed by atoms with E-state index in [1.165, 1.54) is 0 Å². The van der Waals surface area contributed by atoms with Crippen LogP contribution in [0.15, 0.2) is 56.2 Å². The summed E-state index contributed by atoms with van der Waals surface area (Å²) in [6, 6.07) is 6.14. The first-order chi connectivity index (χ1) is 9.80. The Balaban J connectivity index is 2.30. The highest BCUT2D eigenvalue weighted by Crippen LogP contribution is 2.17. The van der Waals surface area contributed by atoms with E-state index in [9.17, 15) is 0 Å². The SMILES string of the molecule is C=CCc1cccc2c1nnn2CN(CC=C)CC=C. The molecule has 0 unspecified atom stereocenters. The maximum atomic E-state index is 4.30. The van der Waals surface area contributed by atoms with Crippen molar-refractivity contribution in [2.45, 2.75) is 13.1 Å². The molecule has 1 aromatic heterocycles. The van der Waals surface area contributed by atoms with Crippen LogP contribution in [0.1, 0.15) is 5.56 Å². The minimum Gasteiger partial charge on any atom is -0.277 e. The van der Waals surface area contributed by atoms with Gasteiger partial charge in [-0.3, -0.25) is 4.90 Å². The van der Waals surface area contributed by atoms with Crippen LogP contribution in [0.4, 0.5) is 0 Å². The Kier molecular flexibility index (Phi) is 4.85. The minimum atomic E-state index is 0.673. The number of aromatic nitrogens is 3. The normalized spacial score (nSPS) is 10.8. The third kappa shape index (κ3) is 3.03. The Morgan fingerprint density at radius 1 is 1.10 bits per heavy atom. The van der Waals surface area contributed by atoms with Crippen LogP contribution in [0.2, 0.25) is 0 Å². The van der Waals surface area contributed by atoms with Crippen molar-refractivity contribution in [1.82, 2.24) is 19.9 Å². The van der Waals surface area contributed by atoms with E-state index >= 15 is 0 Å².